The second kappa shape index (κ2) is 5.84. The van der Waals surface area contributed by atoms with E-state index >= 15 is 0 Å². The van der Waals surface area contributed by atoms with Crippen molar-refractivity contribution in [3.05, 3.63) is 0 Å². The Labute approximate surface area is 79.2 Å². The van der Waals surface area contributed by atoms with Crippen LogP contribution in [0.2, 0.25) is 0 Å². The van der Waals surface area contributed by atoms with Crippen molar-refractivity contribution in [2.75, 3.05) is 18.1 Å². The second-order valence-corrected chi connectivity index (χ2v) is 4.59. The molecule has 1 aliphatic rings. The van der Waals surface area contributed by atoms with Crippen LogP contribution >= 0.6 is 11.8 Å². The van der Waals surface area contributed by atoms with Crippen LogP contribution in [0.1, 0.15) is 26.2 Å². The van der Waals surface area contributed by atoms with Gasteiger partial charge in [0, 0.05) is 11.8 Å². The fourth-order valence-electron chi connectivity index (χ4n) is 1.56. The van der Waals surface area contributed by atoms with Crippen LogP contribution in [0.25, 0.3) is 0 Å². The van der Waals surface area contributed by atoms with E-state index in [1.54, 1.807) is 0 Å². The van der Waals surface area contributed by atoms with Crippen molar-refractivity contribution in [2.24, 2.45) is 5.73 Å². The molecule has 72 valence electrons. The Morgan fingerprint density at radius 3 is 2.92 bits per heavy atom. The van der Waals surface area contributed by atoms with Crippen LogP contribution in [0, 0.1) is 0 Å². The van der Waals surface area contributed by atoms with Gasteiger partial charge in [-0.2, -0.15) is 11.8 Å². The lowest BCUT2D eigenvalue weighted by Gasteiger charge is -2.15. The Morgan fingerprint density at radius 1 is 1.50 bits per heavy atom. The third-order valence-corrected chi connectivity index (χ3v) is 3.13. The van der Waals surface area contributed by atoms with Gasteiger partial charge in [-0.25, -0.2) is 0 Å². The predicted octanol–water partition coefficient (Wildman–Crippen LogP) is 1.64. The molecule has 3 heteroatoms. The zero-order valence-corrected chi connectivity index (χ0v) is 8.61. The molecule has 2 unspecified atom stereocenters. The van der Waals surface area contributed by atoms with Crippen LogP contribution in [0.4, 0.5) is 0 Å². The zero-order valence-electron chi connectivity index (χ0n) is 7.79. The molecule has 0 heterocycles. The largest absolute Gasteiger partial charge is 0.376 e. The molecule has 0 radical (unpaired) electrons. The zero-order chi connectivity index (χ0) is 8.81. The Hall–Kier alpha value is 0.270. The molecular weight excluding hydrogens is 170 g/mol. The average Bonchev–Trinajstić information content (AvgIpc) is 2.46. The van der Waals surface area contributed by atoms with Gasteiger partial charge in [0.05, 0.1) is 12.7 Å². The van der Waals surface area contributed by atoms with Crippen molar-refractivity contribution >= 4 is 11.8 Å². The summed E-state index contributed by atoms with van der Waals surface area (Å²) in [6.45, 7) is 3.04. The summed E-state index contributed by atoms with van der Waals surface area (Å²) in [6, 6.07) is 0.302. The number of nitrogens with two attached hydrogens (primary N) is 1. The molecule has 0 aliphatic heterocycles. The van der Waals surface area contributed by atoms with Crippen LogP contribution < -0.4 is 5.73 Å². The normalized spacial score (nSPS) is 29.5. The molecule has 0 aromatic heterocycles. The maximum absolute atomic E-state index is 5.86. The van der Waals surface area contributed by atoms with Gasteiger partial charge in [0.25, 0.3) is 0 Å². The molecule has 0 aromatic rings. The van der Waals surface area contributed by atoms with Crippen molar-refractivity contribution in [3.8, 4) is 0 Å². The van der Waals surface area contributed by atoms with Gasteiger partial charge in [0.15, 0.2) is 0 Å². The summed E-state index contributed by atoms with van der Waals surface area (Å²) >= 11 is 1.93. The molecule has 1 fully saturated rings. The summed E-state index contributed by atoms with van der Waals surface area (Å²) in [5, 5.41) is 0. The lowest BCUT2D eigenvalue weighted by Crippen LogP contribution is -2.31. The minimum atomic E-state index is 0.302. The first-order valence-corrected chi connectivity index (χ1v) is 5.95. The third-order valence-electron chi connectivity index (χ3n) is 2.27. The van der Waals surface area contributed by atoms with Gasteiger partial charge in [0.1, 0.15) is 0 Å². The Morgan fingerprint density at radius 2 is 2.33 bits per heavy atom. The summed E-state index contributed by atoms with van der Waals surface area (Å²) < 4.78 is 5.67. The predicted molar refractivity (Wildman–Crippen MR) is 54.6 cm³/mol. The molecule has 2 N–H and O–H groups in total. The SMILES string of the molecule is CCSCCOC1CCCC1N. The number of thioether (sulfide) groups is 1. The maximum Gasteiger partial charge on any atom is 0.0726 e. The molecule has 1 saturated carbocycles. The van der Waals surface area contributed by atoms with Gasteiger partial charge < -0.3 is 10.5 Å². The van der Waals surface area contributed by atoms with Crippen LogP contribution in [0.3, 0.4) is 0 Å². The smallest absolute Gasteiger partial charge is 0.0726 e. The minimum Gasteiger partial charge on any atom is -0.376 e. The lowest BCUT2D eigenvalue weighted by atomic mass is 10.2. The van der Waals surface area contributed by atoms with Crippen molar-refractivity contribution < 1.29 is 4.74 Å². The highest BCUT2D eigenvalue weighted by atomic mass is 32.2. The van der Waals surface area contributed by atoms with E-state index in [2.05, 4.69) is 6.92 Å². The third kappa shape index (κ3) is 3.33. The van der Waals surface area contributed by atoms with Gasteiger partial charge in [-0.05, 0) is 25.0 Å². The number of hydrogen-bond donors (Lipinski definition) is 1. The molecule has 0 saturated heterocycles. The first-order valence-electron chi connectivity index (χ1n) is 4.79. The Bertz CT molecular complexity index is 121. The van der Waals surface area contributed by atoms with Crippen molar-refractivity contribution in [3.63, 3.8) is 0 Å². The van der Waals surface area contributed by atoms with Crippen molar-refractivity contribution in [1.82, 2.24) is 0 Å². The van der Waals surface area contributed by atoms with E-state index < -0.39 is 0 Å². The van der Waals surface area contributed by atoms with E-state index in [1.807, 2.05) is 11.8 Å². The summed E-state index contributed by atoms with van der Waals surface area (Å²) in [4.78, 5) is 0. The monoisotopic (exact) mass is 189 g/mol. The fraction of sp³-hybridized carbons (Fsp3) is 1.00. The van der Waals surface area contributed by atoms with Crippen LogP contribution in [-0.4, -0.2) is 30.3 Å². The molecule has 1 rings (SSSR count). The van der Waals surface area contributed by atoms with E-state index in [-0.39, 0.29) is 0 Å². The van der Waals surface area contributed by atoms with Gasteiger partial charge >= 0.3 is 0 Å². The van der Waals surface area contributed by atoms with E-state index in [1.165, 1.54) is 12.2 Å². The summed E-state index contributed by atoms with van der Waals surface area (Å²) in [5.41, 5.74) is 5.86. The van der Waals surface area contributed by atoms with Crippen LogP contribution in [0.15, 0.2) is 0 Å². The molecule has 0 amide bonds. The van der Waals surface area contributed by atoms with E-state index in [9.17, 15) is 0 Å². The second-order valence-electron chi connectivity index (χ2n) is 3.20. The van der Waals surface area contributed by atoms with Crippen LogP contribution in [-0.2, 0) is 4.74 Å². The van der Waals surface area contributed by atoms with Gasteiger partial charge in [-0.1, -0.05) is 6.92 Å². The molecular formula is C9H19NOS. The first-order chi connectivity index (χ1) is 5.84. The van der Waals surface area contributed by atoms with E-state index in [0.29, 0.717) is 12.1 Å². The maximum atomic E-state index is 5.86. The van der Waals surface area contributed by atoms with E-state index in [4.69, 9.17) is 10.5 Å². The lowest BCUT2D eigenvalue weighted by molar-refractivity contribution is 0.0594. The average molecular weight is 189 g/mol. The molecule has 0 spiro atoms. The minimum absolute atomic E-state index is 0.302. The summed E-state index contributed by atoms with van der Waals surface area (Å²) in [5.74, 6) is 2.29. The Balaban J connectivity index is 1.98. The van der Waals surface area contributed by atoms with Crippen molar-refractivity contribution in [1.29, 1.82) is 0 Å². The Kier molecular flexibility index (Phi) is 5.04. The van der Waals surface area contributed by atoms with Gasteiger partial charge in [0.2, 0.25) is 0 Å². The highest BCUT2D eigenvalue weighted by molar-refractivity contribution is 7.99. The number of rotatable bonds is 5. The standard InChI is InChI=1S/C9H19NOS/c1-2-12-7-6-11-9-5-3-4-8(9)10/h8-9H,2-7,10H2,1H3. The fourth-order valence-corrected chi connectivity index (χ4v) is 2.07. The van der Waals surface area contributed by atoms with Gasteiger partial charge in [-0.3, -0.25) is 0 Å². The van der Waals surface area contributed by atoms with Crippen molar-refractivity contribution in [2.45, 2.75) is 38.3 Å². The molecule has 2 nitrogen and oxygen atoms in total. The van der Waals surface area contributed by atoms with Gasteiger partial charge in [-0.15, -0.1) is 0 Å². The highest BCUT2D eigenvalue weighted by Crippen LogP contribution is 2.20. The number of ether oxygens (including phenoxy) is 1. The van der Waals surface area contributed by atoms with E-state index in [0.717, 1.165) is 25.2 Å². The first kappa shape index (κ1) is 10.4. The van der Waals surface area contributed by atoms with Crippen LogP contribution in [0.5, 0.6) is 0 Å². The summed E-state index contributed by atoms with van der Waals surface area (Å²) in [7, 11) is 0. The number of hydrogen-bond acceptors (Lipinski definition) is 3. The molecule has 2 atom stereocenters. The topological polar surface area (TPSA) is 35.2 Å². The molecule has 0 bridgehead atoms. The summed E-state index contributed by atoms with van der Waals surface area (Å²) in [6.07, 6.45) is 3.90. The molecule has 0 aromatic carbocycles. The quantitative estimate of drug-likeness (QED) is 0.668. The molecule has 12 heavy (non-hydrogen) atoms. The highest BCUT2D eigenvalue weighted by Gasteiger charge is 2.23. The molecule has 1 aliphatic carbocycles.